The summed E-state index contributed by atoms with van der Waals surface area (Å²) in [6.45, 7) is 1.07. The van der Waals surface area contributed by atoms with E-state index in [9.17, 15) is 10.1 Å². The molecule has 86 valence electrons. The number of hydrogen-bond acceptors (Lipinski definition) is 5. The van der Waals surface area contributed by atoms with Crippen LogP contribution in [0, 0.1) is 10.1 Å². The Balaban J connectivity index is 2.21. The second-order valence-electron chi connectivity index (χ2n) is 3.34. The predicted octanol–water partition coefficient (Wildman–Crippen LogP) is 1.92. The van der Waals surface area contributed by atoms with Crippen LogP contribution in [0.2, 0.25) is 0 Å². The quantitative estimate of drug-likeness (QED) is 0.627. The molecular weight excluding hydrogens is 280 g/mol. The largest absolute Gasteiger partial charge is 0.467 e. The third-order valence-electron chi connectivity index (χ3n) is 2.16. The number of halogens is 1. The minimum atomic E-state index is -0.511. The molecule has 1 atom stereocenters. The van der Waals surface area contributed by atoms with Crippen LogP contribution in [-0.4, -0.2) is 29.2 Å². The number of nitro groups is 1. The molecule has 1 fully saturated rings. The minimum Gasteiger partial charge on any atom is -0.467 e. The monoisotopic (exact) mass is 288 g/mol. The number of aromatic nitrogens is 1. The maximum atomic E-state index is 10.8. The highest BCUT2D eigenvalue weighted by Gasteiger charge is 2.23. The van der Waals surface area contributed by atoms with Crippen molar-refractivity contribution in [2.24, 2.45) is 0 Å². The van der Waals surface area contributed by atoms with Gasteiger partial charge >= 0.3 is 5.69 Å². The van der Waals surface area contributed by atoms with Gasteiger partial charge in [0.1, 0.15) is 6.10 Å². The summed E-state index contributed by atoms with van der Waals surface area (Å²) in [5.74, 6) is 0.0451. The predicted molar refractivity (Wildman–Crippen MR) is 58.4 cm³/mol. The van der Waals surface area contributed by atoms with Gasteiger partial charge in [-0.1, -0.05) is 0 Å². The van der Waals surface area contributed by atoms with Crippen molar-refractivity contribution in [3.8, 4) is 5.88 Å². The van der Waals surface area contributed by atoms with Crippen LogP contribution in [0.25, 0.3) is 0 Å². The van der Waals surface area contributed by atoms with E-state index in [-0.39, 0.29) is 17.7 Å². The molecule has 16 heavy (non-hydrogen) atoms. The molecule has 1 aromatic heterocycles. The molecule has 0 aromatic carbocycles. The first-order chi connectivity index (χ1) is 7.66. The third kappa shape index (κ3) is 2.48. The fraction of sp³-hybridized carbons (Fsp3) is 0.444. The average molecular weight is 289 g/mol. The molecule has 0 radical (unpaired) electrons. The van der Waals surface area contributed by atoms with Crippen molar-refractivity contribution in [2.75, 3.05) is 13.2 Å². The summed E-state index contributed by atoms with van der Waals surface area (Å²) in [5.41, 5.74) is -0.138. The van der Waals surface area contributed by atoms with E-state index in [0.717, 1.165) is 6.42 Å². The van der Waals surface area contributed by atoms with Crippen molar-refractivity contribution in [2.45, 2.75) is 12.5 Å². The van der Waals surface area contributed by atoms with Crippen molar-refractivity contribution in [3.63, 3.8) is 0 Å². The molecule has 1 aliphatic rings. The van der Waals surface area contributed by atoms with E-state index in [1.54, 1.807) is 0 Å². The van der Waals surface area contributed by atoms with Gasteiger partial charge < -0.3 is 9.47 Å². The summed E-state index contributed by atoms with van der Waals surface area (Å²) in [6, 6.07) is 1.37. The highest BCUT2D eigenvalue weighted by Crippen LogP contribution is 2.28. The Kier molecular flexibility index (Phi) is 3.35. The number of ether oxygens (including phenoxy) is 2. The van der Waals surface area contributed by atoms with Crippen LogP contribution in [0.3, 0.4) is 0 Å². The third-order valence-corrected chi connectivity index (χ3v) is 2.60. The van der Waals surface area contributed by atoms with Gasteiger partial charge in [-0.15, -0.1) is 0 Å². The molecule has 2 heterocycles. The van der Waals surface area contributed by atoms with Gasteiger partial charge in [0.15, 0.2) is 0 Å². The van der Waals surface area contributed by atoms with Gasteiger partial charge in [-0.05, 0) is 15.9 Å². The molecule has 0 N–H and O–H groups in total. The van der Waals surface area contributed by atoms with Crippen molar-refractivity contribution in [3.05, 3.63) is 26.9 Å². The van der Waals surface area contributed by atoms with Crippen LogP contribution >= 0.6 is 15.9 Å². The molecule has 1 saturated heterocycles. The van der Waals surface area contributed by atoms with Gasteiger partial charge in [-0.3, -0.25) is 10.1 Å². The van der Waals surface area contributed by atoms with E-state index in [1.807, 2.05) is 0 Å². The van der Waals surface area contributed by atoms with E-state index in [2.05, 4.69) is 20.9 Å². The Labute approximate surface area is 99.9 Å². The molecule has 6 nitrogen and oxygen atoms in total. The highest BCUT2D eigenvalue weighted by atomic mass is 79.9. The highest BCUT2D eigenvalue weighted by molar-refractivity contribution is 9.10. The zero-order valence-corrected chi connectivity index (χ0v) is 9.84. The summed E-state index contributed by atoms with van der Waals surface area (Å²) < 4.78 is 11.1. The van der Waals surface area contributed by atoms with Crippen LogP contribution in [0.1, 0.15) is 6.42 Å². The standard InChI is InChI=1S/C9H9BrN2O4/c10-6-3-8(12(13)14)9(11-4-6)16-7-1-2-15-5-7/h3-4,7H,1-2,5H2. The van der Waals surface area contributed by atoms with E-state index in [0.29, 0.717) is 17.7 Å². The minimum absolute atomic E-state index is 0.0451. The average Bonchev–Trinajstić information content (AvgIpc) is 2.73. The van der Waals surface area contributed by atoms with Gasteiger partial charge in [-0.25, -0.2) is 4.98 Å². The molecule has 1 aromatic rings. The van der Waals surface area contributed by atoms with E-state index in [1.165, 1.54) is 12.3 Å². The lowest BCUT2D eigenvalue weighted by atomic mass is 10.3. The molecule has 0 aliphatic carbocycles. The van der Waals surface area contributed by atoms with Crippen LogP contribution in [0.15, 0.2) is 16.7 Å². The van der Waals surface area contributed by atoms with Crippen molar-refractivity contribution >= 4 is 21.6 Å². The van der Waals surface area contributed by atoms with Crippen LogP contribution in [0.4, 0.5) is 5.69 Å². The molecule has 0 bridgehead atoms. The molecule has 0 amide bonds. The number of hydrogen-bond donors (Lipinski definition) is 0. The molecule has 0 spiro atoms. The van der Waals surface area contributed by atoms with Crippen molar-refractivity contribution in [1.82, 2.24) is 4.98 Å². The summed E-state index contributed by atoms with van der Waals surface area (Å²) in [5, 5.41) is 10.8. The Morgan fingerprint density at radius 1 is 1.69 bits per heavy atom. The van der Waals surface area contributed by atoms with E-state index < -0.39 is 4.92 Å². The first-order valence-corrected chi connectivity index (χ1v) is 5.50. The lowest BCUT2D eigenvalue weighted by Gasteiger charge is -2.10. The molecule has 1 aliphatic heterocycles. The topological polar surface area (TPSA) is 74.5 Å². The van der Waals surface area contributed by atoms with Gasteiger partial charge in [0, 0.05) is 23.2 Å². The number of pyridine rings is 1. The second kappa shape index (κ2) is 4.75. The molecular formula is C9H9BrN2O4. The first-order valence-electron chi connectivity index (χ1n) is 4.71. The smallest absolute Gasteiger partial charge is 0.332 e. The van der Waals surface area contributed by atoms with Gasteiger partial charge in [-0.2, -0.15) is 0 Å². The van der Waals surface area contributed by atoms with Crippen LogP contribution in [0.5, 0.6) is 5.88 Å². The Hall–Kier alpha value is -1.21. The van der Waals surface area contributed by atoms with Crippen molar-refractivity contribution in [1.29, 1.82) is 0 Å². The summed E-state index contributed by atoms with van der Waals surface area (Å²) in [6.07, 6.45) is 2.06. The van der Waals surface area contributed by atoms with Gasteiger partial charge in [0.05, 0.1) is 18.1 Å². The first kappa shape index (κ1) is 11.3. The molecule has 0 saturated carbocycles. The second-order valence-corrected chi connectivity index (χ2v) is 4.25. The molecule has 2 rings (SSSR count). The lowest BCUT2D eigenvalue weighted by Crippen LogP contribution is -2.17. The van der Waals surface area contributed by atoms with Crippen LogP contribution in [-0.2, 0) is 4.74 Å². The fourth-order valence-corrected chi connectivity index (χ4v) is 1.72. The SMILES string of the molecule is O=[N+]([O-])c1cc(Br)cnc1OC1CCOC1. The normalized spacial score (nSPS) is 19.7. The van der Waals surface area contributed by atoms with Gasteiger partial charge in [0.25, 0.3) is 5.88 Å². The Morgan fingerprint density at radius 2 is 2.50 bits per heavy atom. The zero-order chi connectivity index (χ0) is 11.5. The summed E-state index contributed by atoms with van der Waals surface area (Å²) >= 11 is 3.13. The maximum Gasteiger partial charge on any atom is 0.332 e. The molecule has 1 unspecified atom stereocenters. The fourth-order valence-electron chi connectivity index (χ4n) is 1.40. The van der Waals surface area contributed by atoms with E-state index >= 15 is 0 Å². The lowest BCUT2D eigenvalue weighted by molar-refractivity contribution is -0.386. The summed E-state index contributed by atoms with van der Waals surface area (Å²) in [4.78, 5) is 14.2. The Morgan fingerprint density at radius 3 is 3.12 bits per heavy atom. The molecule has 7 heteroatoms. The number of rotatable bonds is 3. The van der Waals surface area contributed by atoms with Gasteiger partial charge in [0.2, 0.25) is 0 Å². The van der Waals surface area contributed by atoms with Crippen molar-refractivity contribution < 1.29 is 14.4 Å². The zero-order valence-electron chi connectivity index (χ0n) is 8.26. The Bertz CT molecular complexity index is 406. The maximum absolute atomic E-state index is 10.8. The summed E-state index contributed by atoms with van der Waals surface area (Å²) in [7, 11) is 0. The van der Waals surface area contributed by atoms with Crippen LogP contribution < -0.4 is 4.74 Å². The number of nitrogens with zero attached hydrogens (tertiary/aromatic N) is 2. The van der Waals surface area contributed by atoms with E-state index in [4.69, 9.17) is 9.47 Å².